The molecule has 0 aliphatic heterocycles. The largest absolute Gasteiger partial charge is 0.335 e. The summed E-state index contributed by atoms with van der Waals surface area (Å²) in [6.07, 6.45) is 2.31. The van der Waals surface area contributed by atoms with Crippen LogP contribution in [0, 0.1) is 0 Å². The van der Waals surface area contributed by atoms with Gasteiger partial charge in [0.2, 0.25) is 0 Å². The van der Waals surface area contributed by atoms with Crippen molar-refractivity contribution in [1.82, 2.24) is 10.2 Å². The summed E-state index contributed by atoms with van der Waals surface area (Å²) in [7, 11) is 1.80. The van der Waals surface area contributed by atoms with E-state index in [1.54, 1.807) is 11.9 Å². The summed E-state index contributed by atoms with van der Waals surface area (Å²) in [4.78, 5) is 12.7. The highest BCUT2D eigenvalue weighted by Crippen LogP contribution is 2.18. The van der Waals surface area contributed by atoms with E-state index in [0.717, 1.165) is 19.4 Å². The van der Waals surface area contributed by atoms with Gasteiger partial charge in [-0.1, -0.05) is 0 Å². The molecule has 10 heavy (non-hydrogen) atoms. The molecule has 1 aliphatic rings. The number of nitrogens with one attached hydrogen (secondary N) is 1. The lowest BCUT2D eigenvalue weighted by Gasteiger charge is -2.14. The summed E-state index contributed by atoms with van der Waals surface area (Å²) < 4.78 is 0. The molecule has 1 rings (SSSR count). The van der Waals surface area contributed by atoms with E-state index < -0.39 is 0 Å². The molecule has 1 fully saturated rings. The zero-order valence-corrected chi connectivity index (χ0v) is 6.55. The molecule has 1 N–H and O–H groups in total. The van der Waals surface area contributed by atoms with Crippen molar-refractivity contribution in [3.05, 3.63) is 0 Å². The SMILES string of the molecule is CCN(C)C(=O)NC1CC1. The summed E-state index contributed by atoms with van der Waals surface area (Å²) in [5.74, 6) is 0. The summed E-state index contributed by atoms with van der Waals surface area (Å²) in [5.41, 5.74) is 0. The van der Waals surface area contributed by atoms with Gasteiger partial charge in [-0.25, -0.2) is 4.79 Å². The molecule has 0 radical (unpaired) electrons. The van der Waals surface area contributed by atoms with Gasteiger partial charge >= 0.3 is 6.03 Å². The van der Waals surface area contributed by atoms with Crippen LogP contribution in [0.5, 0.6) is 0 Å². The van der Waals surface area contributed by atoms with Gasteiger partial charge in [0, 0.05) is 19.6 Å². The molecule has 3 nitrogen and oxygen atoms in total. The van der Waals surface area contributed by atoms with E-state index in [9.17, 15) is 4.79 Å². The molecule has 0 spiro atoms. The fourth-order valence-corrected chi connectivity index (χ4v) is 0.656. The van der Waals surface area contributed by atoms with Gasteiger partial charge in [-0.3, -0.25) is 0 Å². The predicted octanol–water partition coefficient (Wildman–Crippen LogP) is 0.810. The number of hydrogen-bond acceptors (Lipinski definition) is 1. The zero-order chi connectivity index (χ0) is 7.56. The summed E-state index contributed by atoms with van der Waals surface area (Å²) in [5, 5.41) is 2.89. The normalized spacial score (nSPS) is 16.6. The molecule has 0 aromatic heterocycles. The van der Waals surface area contributed by atoms with Crippen molar-refractivity contribution in [2.45, 2.75) is 25.8 Å². The average molecular weight is 142 g/mol. The molecule has 0 bridgehead atoms. The minimum Gasteiger partial charge on any atom is -0.335 e. The minimum atomic E-state index is 0.0602. The molecular formula is C7H14N2O. The fourth-order valence-electron chi connectivity index (χ4n) is 0.656. The highest BCUT2D eigenvalue weighted by atomic mass is 16.2. The number of carbonyl (C=O) groups is 1. The number of urea groups is 1. The molecule has 3 heteroatoms. The van der Waals surface area contributed by atoms with Gasteiger partial charge in [-0.05, 0) is 19.8 Å². The summed E-state index contributed by atoms with van der Waals surface area (Å²) >= 11 is 0. The minimum absolute atomic E-state index is 0.0602. The Balaban J connectivity index is 2.18. The van der Waals surface area contributed by atoms with Crippen molar-refractivity contribution in [2.24, 2.45) is 0 Å². The number of hydrogen-bond donors (Lipinski definition) is 1. The summed E-state index contributed by atoms with van der Waals surface area (Å²) in [6, 6.07) is 0.534. The number of nitrogens with zero attached hydrogens (tertiary/aromatic N) is 1. The maximum Gasteiger partial charge on any atom is 0.317 e. The van der Waals surface area contributed by atoms with Crippen LogP contribution in [0.15, 0.2) is 0 Å². The molecule has 0 atom stereocenters. The van der Waals surface area contributed by atoms with Crippen LogP contribution in [-0.2, 0) is 0 Å². The van der Waals surface area contributed by atoms with Gasteiger partial charge < -0.3 is 10.2 Å². The molecular weight excluding hydrogens is 128 g/mol. The van der Waals surface area contributed by atoms with Gasteiger partial charge in [0.25, 0.3) is 0 Å². The van der Waals surface area contributed by atoms with Crippen LogP contribution in [0.1, 0.15) is 19.8 Å². The Kier molecular flexibility index (Phi) is 2.14. The van der Waals surface area contributed by atoms with Crippen LogP contribution < -0.4 is 5.32 Å². The van der Waals surface area contributed by atoms with Crippen LogP contribution in [0.2, 0.25) is 0 Å². The van der Waals surface area contributed by atoms with Crippen LogP contribution in [0.3, 0.4) is 0 Å². The van der Waals surface area contributed by atoms with E-state index in [2.05, 4.69) is 5.32 Å². The molecule has 0 aromatic rings. The first-order chi connectivity index (χ1) is 4.74. The topological polar surface area (TPSA) is 32.3 Å². The van der Waals surface area contributed by atoms with Crippen LogP contribution in [-0.4, -0.2) is 30.6 Å². The van der Waals surface area contributed by atoms with Crippen LogP contribution >= 0.6 is 0 Å². The Bertz CT molecular complexity index is 132. The Morgan fingerprint density at radius 2 is 2.30 bits per heavy atom. The van der Waals surface area contributed by atoms with E-state index in [-0.39, 0.29) is 6.03 Å². The van der Waals surface area contributed by atoms with Crippen molar-refractivity contribution in [2.75, 3.05) is 13.6 Å². The highest BCUT2D eigenvalue weighted by molar-refractivity contribution is 5.74. The third kappa shape index (κ3) is 1.90. The van der Waals surface area contributed by atoms with Crippen LogP contribution in [0.4, 0.5) is 4.79 Å². The van der Waals surface area contributed by atoms with Gasteiger partial charge in [0.05, 0.1) is 0 Å². The standard InChI is InChI=1S/C7H14N2O/c1-3-9(2)7(10)8-6-4-5-6/h6H,3-5H2,1-2H3,(H,8,10). The monoisotopic (exact) mass is 142 g/mol. The van der Waals surface area contributed by atoms with E-state index in [1.165, 1.54) is 0 Å². The molecule has 0 unspecified atom stereocenters. The first-order valence-electron chi connectivity index (χ1n) is 3.75. The number of amides is 2. The van der Waals surface area contributed by atoms with Gasteiger partial charge in [-0.2, -0.15) is 0 Å². The quantitative estimate of drug-likeness (QED) is 0.608. The fraction of sp³-hybridized carbons (Fsp3) is 0.857. The Hall–Kier alpha value is -0.730. The first-order valence-corrected chi connectivity index (χ1v) is 3.75. The van der Waals surface area contributed by atoms with Gasteiger partial charge in [0.15, 0.2) is 0 Å². The molecule has 58 valence electrons. The maximum atomic E-state index is 11.0. The smallest absolute Gasteiger partial charge is 0.317 e. The molecule has 0 saturated heterocycles. The average Bonchev–Trinajstić information content (AvgIpc) is 2.70. The van der Waals surface area contributed by atoms with Crippen molar-refractivity contribution in [3.63, 3.8) is 0 Å². The van der Waals surface area contributed by atoms with E-state index in [1.807, 2.05) is 6.92 Å². The van der Waals surface area contributed by atoms with E-state index >= 15 is 0 Å². The van der Waals surface area contributed by atoms with Crippen molar-refractivity contribution >= 4 is 6.03 Å². The molecule has 1 aliphatic carbocycles. The number of carbonyl (C=O) groups excluding carboxylic acids is 1. The second kappa shape index (κ2) is 2.90. The van der Waals surface area contributed by atoms with Gasteiger partial charge in [0.1, 0.15) is 0 Å². The molecule has 0 aromatic carbocycles. The lowest BCUT2D eigenvalue weighted by Crippen LogP contribution is -2.38. The molecule has 1 saturated carbocycles. The molecule has 0 heterocycles. The Morgan fingerprint density at radius 1 is 1.70 bits per heavy atom. The maximum absolute atomic E-state index is 11.0. The Morgan fingerprint density at radius 3 is 2.70 bits per heavy atom. The first kappa shape index (κ1) is 7.38. The third-order valence-electron chi connectivity index (χ3n) is 1.73. The predicted molar refractivity (Wildman–Crippen MR) is 39.9 cm³/mol. The van der Waals surface area contributed by atoms with Crippen molar-refractivity contribution in [3.8, 4) is 0 Å². The summed E-state index contributed by atoms with van der Waals surface area (Å²) in [6.45, 7) is 2.74. The van der Waals surface area contributed by atoms with Crippen molar-refractivity contribution < 1.29 is 4.79 Å². The van der Waals surface area contributed by atoms with Gasteiger partial charge in [-0.15, -0.1) is 0 Å². The number of rotatable bonds is 2. The lowest BCUT2D eigenvalue weighted by atomic mass is 10.6. The van der Waals surface area contributed by atoms with E-state index in [0.29, 0.717) is 6.04 Å². The highest BCUT2D eigenvalue weighted by Gasteiger charge is 2.23. The zero-order valence-electron chi connectivity index (χ0n) is 6.55. The lowest BCUT2D eigenvalue weighted by molar-refractivity contribution is 0.210. The van der Waals surface area contributed by atoms with Crippen LogP contribution in [0.25, 0.3) is 0 Å². The van der Waals surface area contributed by atoms with Crippen molar-refractivity contribution in [1.29, 1.82) is 0 Å². The van der Waals surface area contributed by atoms with E-state index in [4.69, 9.17) is 0 Å². The Labute approximate surface area is 61.4 Å². The second-order valence-corrected chi connectivity index (χ2v) is 2.74. The second-order valence-electron chi connectivity index (χ2n) is 2.74. The molecule has 2 amide bonds. The third-order valence-corrected chi connectivity index (χ3v) is 1.73.